The normalized spacial score (nSPS) is 10.8. The van der Waals surface area contributed by atoms with Gasteiger partial charge in [-0.05, 0) is 40.5 Å². The summed E-state index contributed by atoms with van der Waals surface area (Å²) in [6, 6.07) is 5.63. The standard InChI is InChI=1S/C12H10BrCl2NO/c13-9-6-8(3-4-10(9)15)11-7-16-12(17-11)2-1-5-14/h3-4,6-7H,1-2,5H2. The Kier molecular flexibility index (Phi) is 4.48. The van der Waals surface area contributed by atoms with Crippen molar-refractivity contribution in [2.75, 3.05) is 5.88 Å². The van der Waals surface area contributed by atoms with E-state index in [2.05, 4.69) is 20.9 Å². The zero-order chi connectivity index (χ0) is 12.3. The SMILES string of the molecule is ClCCCc1ncc(-c2ccc(Cl)c(Br)c2)o1. The number of hydrogen-bond donors (Lipinski definition) is 0. The molecule has 1 heterocycles. The predicted molar refractivity (Wildman–Crippen MR) is 73.7 cm³/mol. The van der Waals surface area contributed by atoms with Gasteiger partial charge in [0.2, 0.25) is 0 Å². The number of oxazole rings is 1. The third-order valence-electron chi connectivity index (χ3n) is 2.28. The van der Waals surface area contributed by atoms with E-state index in [0.29, 0.717) is 16.8 Å². The second kappa shape index (κ2) is 5.89. The molecule has 17 heavy (non-hydrogen) atoms. The minimum Gasteiger partial charge on any atom is -0.441 e. The molecule has 2 rings (SSSR count). The van der Waals surface area contributed by atoms with Crippen molar-refractivity contribution in [3.8, 4) is 11.3 Å². The summed E-state index contributed by atoms with van der Waals surface area (Å²) in [4.78, 5) is 4.21. The van der Waals surface area contributed by atoms with Crippen LogP contribution in [0.1, 0.15) is 12.3 Å². The predicted octanol–water partition coefficient (Wildman–Crippen LogP) is 4.93. The zero-order valence-electron chi connectivity index (χ0n) is 8.92. The minimum atomic E-state index is 0.615. The molecule has 2 nitrogen and oxygen atoms in total. The van der Waals surface area contributed by atoms with Gasteiger partial charge in [0, 0.05) is 22.3 Å². The van der Waals surface area contributed by atoms with Gasteiger partial charge in [-0.15, -0.1) is 11.6 Å². The molecule has 0 bridgehead atoms. The fourth-order valence-corrected chi connectivity index (χ4v) is 2.06. The summed E-state index contributed by atoms with van der Waals surface area (Å²) in [5.41, 5.74) is 0.950. The van der Waals surface area contributed by atoms with E-state index >= 15 is 0 Å². The van der Waals surface area contributed by atoms with E-state index in [0.717, 1.165) is 28.6 Å². The highest BCUT2D eigenvalue weighted by molar-refractivity contribution is 9.10. The summed E-state index contributed by atoms with van der Waals surface area (Å²) in [6.45, 7) is 0. The van der Waals surface area contributed by atoms with Crippen molar-refractivity contribution < 1.29 is 4.42 Å². The van der Waals surface area contributed by atoms with Gasteiger partial charge in [0.15, 0.2) is 11.7 Å². The van der Waals surface area contributed by atoms with Crippen molar-refractivity contribution >= 4 is 39.1 Å². The maximum Gasteiger partial charge on any atom is 0.194 e. The quantitative estimate of drug-likeness (QED) is 0.741. The Morgan fingerprint density at radius 3 is 2.88 bits per heavy atom. The summed E-state index contributed by atoms with van der Waals surface area (Å²) in [5, 5.41) is 0.677. The van der Waals surface area contributed by atoms with Crippen LogP contribution in [0.4, 0.5) is 0 Å². The number of hydrogen-bond acceptors (Lipinski definition) is 2. The number of aryl methyl sites for hydroxylation is 1. The molecule has 0 aliphatic rings. The van der Waals surface area contributed by atoms with E-state index in [4.69, 9.17) is 27.6 Å². The Hall–Kier alpha value is -0.510. The summed E-state index contributed by atoms with van der Waals surface area (Å²) < 4.78 is 6.48. The van der Waals surface area contributed by atoms with Gasteiger partial charge >= 0.3 is 0 Å². The van der Waals surface area contributed by atoms with Crippen LogP contribution < -0.4 is 0 Å². The molecule has 0 aliphatic heterocycles. The number of benzene rings is 1. The number of halogens is 3. The van der Waals surface area contributed by atoms with Crippen LogP contribution in [-0.2, 0) is 6.42 Å². The molecule has 0 unspecified atom stereocenters. The minimum absolute atomic E-state index is 0.615. The number of nitrogens with zero attached hydrogens (tertiary/aromatic N) is 1. The lowest BCUT2D eigenvalue weighted by Crippen LogP contribution is -1.84. The number of aromatic nitrogens is 1. The Bertz CT molecular complexity index is 513. The average Bonchev–Trinajstić information content (AvgIpc) is 2.79. The van der Waals surface area contributed by atoms with Gasteiger partial charge in [0.25, 0.3) is 0 Å². The van der Waals surface area contributed by atoms with Crippen LogP contribution in [0.25, 0.3) is 11.3 Å². The Balaban J connectivity index is 2.21. The van der Waals surface area contributed by atoms with Gasteiger partial charge in [-0.3, -0.25) is 0 Å². The summed E-state index contributed by atoms with van der Waals surface area (Å²) in [6.07, 6.45) is 3.35. The van der Waals surface area contributed by atoms with E-state index in [1.807, 2.05) is 18.2 Å². The molecule has 0 saturated heterocycles. The fraction of sp³-hybridized carbons (Fsp3) is 0.250. The smallest absolute Gasteiger partial charge is 0.194 e. The van der Waals surface area contributed by atoms with Crippen molar-refractivity contribution in [2.24, 2.45) is 0 Å². The second-order valence-electron chi connectivity index (χ2n) is 3.54. The maximum atomic E-state index is 5.93. The molecule has 2 aromatic rings. The molecule has 1 aromatic carbocycles. The van der Waals surface area contributed by atoms with Gasteiger partial charge in [0.1, 0.15) is 0 Å². The molecule has 0 saturated carbocycles. The van der Waals surface area contributed by atoms with E-state index in [1.54, 1.807) is 6.20 Å². The molecule has 0 N–H and O–H groups in total. The molecule has 0 spiro atoms. The number of alkyl halides is 1. The molecule has 90 valence electrons. The monoisotopic (exact) mass is 333 g/mol. The Labute approximate surface area is 118 Å². The first-order valence-electron chi connectivity index (χ1n) is 5.17. The lowest BCUT2D eigenvalue weighted by atomic mass is 10.2. The topological polar surface area (TPSA) is 26.0 Å². The van der Waals surface area contributed by atoms with Crippen LogP contribution >= 0.6 is 39.1 Å². The van der Waals surface area contributed by atoms with Crippen molar-refractivity contribution in [1.82, 2.24) is 4.98 Å². The second-order valence-corrected chi connectivity index (χ2v) is 5.18. The van der Waals surface area contributed by atoms with Gasteiger partial charge in [-0.1, -0.05) is 11.6 Å². The molecule has 0 aliphatic carbocycles. The lowest BCUT2D eigenvalue weighted by Gasteiger charge is -1.99. The molecule has 0 amide bonds. The first-order chi connectivity index (χ1) is 8.20. The van der Waals surface area contributed by atoms with E-state index in [1.165, 1.54) is 0 Å². The third kappa shape index (κ3) is 3.24. The molecule has 1 aromatic heterocycles. The summed E-state index contributed by atoms with van der Waals surface area (Å²) in [7, 11) is 0. The summed E-state index contributed by atoms with van der Waals surface area (Å²) >= 11 is 14.9. The van der Waals surface area contributed by atoms with Gasteiger partial charge in [-0.25, -0.2) is 4.98 Å². The van der Waals surface area contributed by atoms with Crippen molar-refractivity contribution in [1.29, 1.82) is 0 Å². The van der Waals surface area contributed by atoms with Crippen LogP contribution in [0.15, 0.2) is 33.3 Å². The van der Waals surface area contributed by atoms with E-state index < -0.39 is 0 Å². The number of rotatable bonds is 4. The highest BCUT2D eigenvalue weighted by atomic mass is 79.9. The molecule has 5 heteroatoms. The van der Waals surface area contributed by atoms with E-state index in [9.17, 15) is 0 Å². The van der Waals surface area contributed by atoms with E-state index in [-0.39, 0.29) is 0 Å². The highest BCUT2D eigenvalue weighted by Crippen LogP contribution is 2.29. The van der Waals surface area contributed by atoms with Crippen LogP contribution in [0, 0.1) is 0 Å². The summed E-state index contributed by atoms with van der Waals surface area (Å²) in [5.74, 6) is 2.07. The molecular formula is C12H10BrCl2NO. The van der Waals surface area contributed by atoms with Crippen LogP contribution in [0.3, 0.4) is 0 Å². The van der Waals surface area contributed by atoms with Crippen LogP contribution in [0.2, 0.25) is 5.02 Å². The molecule has 0 fully saturated rings. The van der Waals surface area contributed by atoms with Gasteiger partial charge in [-0.2, -0.15) is 0 Å². The largest absolute Gasteiger partial charge is 0.441 e. The maximum absolute atomic E-state index is 5.93. The molecule has 0 radical (unpaired) electrons. The van der Waals surface area contributed by atoms with Crippen molar-refractivity contribution in [3.63, 3.8) is 0 Å². The van der Waals surface area contributed by atoms with Gasteiger partial charge < -0.3 is 4.42 Å². The molecular weight excluding hydrogens is 325 g/mol. The first kappa shape index (κ1) is 12.9. The average molecular weight is 335 g/mol. The van der Waals surface area contributed by atoms with Crippen LogP contribution in [0.5, 0.6) is 0 Å². The first-order valence-corrected chi connectivity index (χ1v) is 6.87. The lowest BCUT2D eigenvalue weighted by molar-refractivity contribution is 0.503. The Morgan fingerprint density at radius 1 is 1.35 bits per heavy atom. The third-order valence-corrected chi connectivity index (χ3v) is 3.76. The van der Waals surface area contributed by atoms with Crippen molar-refractivity contribution in [2.45, 2.75) is 12.8 Å². The Morgan fingerprint density at radius 2 is 2.18 bits per heavy atom. The van der Waals surface area contributed by atoms with Crippen LogP contribution in [-0.4, -0.2) is 10.9 Å². The molecule has 0 atom stereocenters. The fourth-order valence-electron chi connectivity index (χ4n) is 1.43. The van der Waals surface area contributed by atoms with Gasteiger partial charge in [0.05, 0.1) is 11.2 Å². The zero-order valence-corrected chi connectivity index (χ0v) is 12.0. The van der Waals surface area contributed by atoms with Crippen molar-refractivity contribution in [3.05, 3.63) is 39.8 Å². The highest BCUT2D eigenvalue weighted by Gasteiger charge is 2.07.